The predicted molar refractivity (Wildman–Crippen MR) is 72.7 cm³/mol. The Bertz CT molecular complexity index is 675. The standard InChI is InChI=1S/C14H9ClF3N3/c15-11-4-1-9(2-5-11)8-20-13-10(7-19)3-6-12(21-13)14(16,17)18/h1-6H,8H2,(H,20,21). The van der Waals surface area contributed by atoms with Gasteiger partial charge in [-0.15, -0.1) is 0 Å². The van der Waals surface area contributed by atoms with Crippen LogP contribution in [0, 0.1) is 11.3 Å². The van der Waals surface area contributed by atoms with E-state index < -0.39 is 11.9 Å². The molecule has 0 amide bonds. The molecule has 2 rings (SSSR count). The summed E-state index contributed by atoms with van der Waals surface area (Å²) < 4.78 is 37.9. The molecule has 3 nitrogen and oxygen atoms in total. The molecule has 0 saturated carbocycles. The van der Waals surface area contributed by atoms with Crippen LogP contribution in [0.4, 0.5) is 19.0 Å². The number of alkyl halides is 3. The second-order valence-electron chi connectivity index (χ2n) is 4.18. The van der Waals surface area contributed by atoms with Crippen LogP contribution in [0.3, 0.4) is 0 Å². The Morgan fingerprint density at radius 1 is 1.14 bits per heavy atom. The molecule has 1 aromatic heterocycles. The lowest BCUT2D eigenvalue weighted by atomic mass is 10.2. The number of benzene rings is 1. The van der Waals surface area contributed by atoms with E-state index in [-0.39, 0.29) is 17.9 Å². The third-order valence-electron chi connectivity index (χ3n) is 2.68. The van der Waals surface area contributed by atoms with Gasteiger partial charge in [0.25, 0.3) is 0 Å². The van der Waals surface area contributed by atoms with Crippen LogP contribution in [0.2, 0.25) is 5.02 Å². The lowest BCUT2D eigenvalue weighted by molar-refractivity contribution is -0.141. The van der Waals surface area contributed by atoms with Crippen molar-refractivity contribution in [1.29, 1.82) is 5.26 Å². The highest BCUT2D eigenvalue weighted by Crippen LogP contribution is 2.29. The van der Waals surface area contributed by atoms with Gasteiger partial charge in [0.1, 0.15) is 17.6 Å². The predicted octanol–water partition coefficient (Wildman–Crippen LogP) is 4.24. The minimum absolute atomic E-state index is 0.0527. The van der Waals surface area contributed by atoms with Gasteiger partial charge in [-0.05, 0) is 29.8 Å². The molecule has 0 spiro atoms. The van der Waals surface area contributed by atoms with Gasteiger partial charge in [0, 0.05) is 11.6 Å². The fourth-order valence-corrected chi connectivity index (χ4v) is 1.76. The van der Waals surface area contributed by atoms with E-state index in [4.69, 9.17) is 16.9 Å². The van der Waals surface area contributed by atoms with Crippen molar-refractivity contribution >= 4 is 17.4 Å². The summed E-state index contributed by atoms with van der Waals surface area (Å²) in [7, 11) is 0. The van der Waals surface area contributed by atoms with Crippen LogP contribution in [0.15, 0.2) is 36.4 Å². The molecule has 0 aliphatic rings. The van der Waals surface area contributed by atoms with Crippen molar-refractivity contribution in [3.63, 3.8) is 0 Å². The van der Waals surface area contributed by atoms with E-state index in [0.29, 0.717) is 5.02 Å². The number of nitriles is 1. The van der Waals surface area contributed by atoms with Gasteiger partial charge in [0.05, 0.1) is 5.56 Å². The maximum atomic E-state index is 12.6. The average Bonchev–Trinajstić information content (AvgIpc) is 2.45. The number of halogens is 4. The average molecular weight is 312 g/mol. The van der Waals surface area contributed by atoms with Crippen LogP contribution >= 0.6 is 11.6 Å². The molecule has 0 radical (unpaired) electrons. The number of hydrogen-bond donors (Lipinski definition) is 1. The maximum absolute atomic E-state index is 12.6. The highest BCUT2D eigenvalue weighted by Gasteiger charge is 2.33. The molecular weight excluding hydrogens is 303 g/mol. The molecule has 0 atom stereocenters. The summed E-state index contributed by atoms with van der Waals surface area (Å²) >= 11 is 5.75. The van der Waals surface area contributed by atoms with E-state index >= 15 is 0 Å². The number of pyridine rings is 1. The molecule has 1 aromatic carbocycles. The second kappa shape index (κ2) is 6.02. The number of aromatic nitrogens is 1. The van der Waals surface area contributed by atoms with E-state index in [9.17, 15) is 13.2 Å². The smallest absolute Gasteiger partial charge is 0.365 e. The van der Waals surface area contributed by atoms with Crippen molar-refractivity contribution < 1.29 is 13.2 Å². The van der Waals surface area contributed by atoms with Gasteiger partial charge in [-0.2, -0.15) is 18.4 Å². The molecular formula is C14H9ClF3N3. The van der Waals surface area contributed by atoms with Crippen LogP contribution in [0.1, 0.15) is 16.8 Å². The molecule has 0 bridgehead atoms. The highest BCUT2D eigenvalue weighted by molar-refractivity contribution is 6.30. The molecule has 2 aromatic rings. The first-order valence-electron chi connectivity index (χ1n) is 5.87. The van der Waals surface area contributed by atoms with Gasteiger partial charge < -0.3 is 5.32 Å². The second-order valence-corrected chi connectivity index (χ2v) is 4.62. The van der Waals surface area contributed by atoms with E-state index in [0.717, 1.165) is 17.7 Å². The Morgan fingerprint density at radius 2 is 1.81 bits per heavy atom. The molecule has 108 valence electrons. The first-order chi connectivity index (χ1) is 9.90. The Balaban J connectivity index is 2.22. The van der Waals surface area contributed by atoms with Crippen molar-refractivity contribution in [1.82, 2.24) is 4.98 Å². The van der Waals surface area contributed by atoms with Crippen LogP contribution in [0.5, 0.6) is 0 Å². The van der Waals surface area contributed by atoms with Crippen molar-refractivity contribution in [2.75, 3.05) is 5.32 Å². The summed E-state index contributed by atoms with van der Waals surface area (Å²) in [5.74, 6) is -0.0951. The zero-order valence-electron chi connectivity index (χ0n) is 10.6. The molecule has 1 N–H and O–H groups in total. The Kier molecular flexibility index (Phi) is 4.34. The molecule has 0 unspecified atom stereocenters. The molecule has 0 saturated heterocycles. The largest absolute Gasteiger partial charge is 0.433 e. The quantitative estimate of drug-likeness (QED) is 0.922. The molecule has 0 aliphatic heterocycles. The molecule has 0 fully saturated rings. The summed E-state index contributed by atoms with van der Waals surface area (Å²) in [6.07, 6.45) is -4.55. The van der Waals surface area contributed by atoms with Crippen molar-refractivity contribution in [3.05, 3.63) is 58.2 Å². The fourth-order valence-electron chi connectivity index (χ4n) is 1.63. The SMILES string of the molecule is N#Cc1ccc(C(F)(F)F)nc1NCc1ccc(Cl)cc1. The van der Waals surface area contributed by atoms with E-state index in [1.54, 1.807) is 30.3 Å². The topological polar surface area (TPSA) is 48.7 Å². The first kappa shape index (κ1) is 15.1. The Hall–Kier alpha value is -2.26. The molecule has 1 heterocycles. The monoisotopic (exact) mass is 311 g/mol. The van der Waals surface area contributed by atoms with Gasteiger partial charge in [-0.3, -0.25) is 0 Å². The van der Waals surface area contributed by atoms with Gasteiger partial charge >= 0.3 is 6.18 Å². The van der Waals surface area contributed by atoms with Gasteiger partial charge in [0.15, 0.2) is 0 Å². The molecule has 7 heteroatoms. The maximum Gasteiger partial charge on any atom is 0.433 e. The molecule has 0 aliphatic carbocycles. The normalized spacial score (nSPS) is 11.0. The summed E-state index contributed by atoms with van der Waals surface area (Å²) in [5.41, 5.74) is -0.181. The Morgan fingerprint density at radius 3 is 2.38 bits per heavy atom. The Labute approximate surface area is 124 Å². The number of anilines is 1. The minimum atomic E-state index is -4.55. The van der Waals surface area contributed by atoms with Crippen LogP contribution < -0.4 is 5.32 Å². The summed E-state index contributed by atoms with van der Waals surface area (Å²) in [5, 5.41) is 12.2. The lowest BCUT2D eigenvalue weighted by Gasteiger charge is -2.11. The third kappa shape index (κ3) is 3.86. The number of nitrogens with one attached hydrogen (secondary N) is 1. The van der Waals surface area contributed by atoms with Crippen LogP contribution in [0.25, 0.3) is 0 Å². The van der Waals surface area contributed by atoms with E-state index in [1.807, 2.05) is 0 Å². The third-order valence-corrected chi connectivity index (χ3v) is 2.93. The number of nitrogens with zero attached hydrogens (tertiary/aromatic N) is 2. The van der Waals surface area contributed by atoms with Crippen molar-refractivity contribution in [2.45, 2.75) is 12.7 Å². The van der Waals surface area contributed by atoms with Gasteiger partial charge in [-0.25, -0.2) is 4.98 Å². The summed E-state index contributed by atoms with van der Waals surface area (Å²) in [6.45, 7) is 0.236. The minimum Gasteiger partial charge on any atom is -0.365 e. The van der Waals surface area contributed by atoms with Crippen LogP contribution in [-0.2, 0) is 12.7 Å². The number of rotatable bonds is 3. The summed E-state index contributed by atoms with van der Waals surface area (Å²) in [6, 6.07) is 10.5. The first-order valence-corrected chi connectivity index (χ1v) is 6.24. The van der Waals surface area contributed by atoms with Crippen LogP contribution in [-0.4, -0.2) is 4.98 Å². The summed E-state index contributed by atoms with van der Waals surface area (Å²) in [4.78, 5) is 3.46. The van der Waals surface area contributed by atoms with Crippen molar-refractivity contribution in [2.24, 2.45) is 0 Å². The zero-order valence-corrected chi connectivity index (χ0v) is 11.3. The van der Waals surface area contributed by atoms with E-state index in [1.165, 1.54) is 0 Å². The highest BCUT2D eigenvalue weighted by atomic mass is 35.5. The lowest BCUT2D eigenvalue weighted by Crippen LogP contribution is -2.11. The van der Waals surface area contributed by atoms with Gasteiger partial charge in [-0.1, -0.05) is 23.7 Å². The zero-order chi connectivity index (χ0) is 15.5. The number of hydrogen-bond acceptors (Lipinski definition) is 3. The van der Waals surface area contributed by atoms with Gasteiger partial charge in [0.2, 0.25) is 0 Å². The fraction of sp³-hybridized carbons (Fsp3) is 0.143. The molecule has 21 heavy (non-hydrogen) atoms. The van der Waals surface area contributed by atoms with Crippen molar-refractivity contribution in [3.8, 4) is 6.07 Å². The van der Waals surface area contributed by atoms with E-state index in [2.05, 4.69) is 10.3 Å².